The Bertz CT molecular complexity index is 291. The monoisotopic (exact) mass is 283 g/mol. The molecule has 4 nitrogen and oxygen atoms in total. The second-order valence-electron chi connectivity index (χ2n) is 6.61. The molecule has 4 heteroatoms. The van der Waals surface area contributed by atoms with Gasteiger partial charge in [0, 0.05) is 18.1 Å². The first kappa shape index (κ1) is 17.4. The zero-order chi connectivity index (χ0) is 15.0. The summed E-state index contributed by atoms with van der Waals surface area (Å²) in [4.78, 5) is 14.5. The van der Waals surface area contributed by atoms with Crippen LogP contribution in [0.3, 0.4) is 0 Å². The minimum atomic E-state index is -0.0944. The maximum atomic E-state index is 12.2. The van der Waals surface area contributed by atoms with E-state index in [1.165, 1.54) is 19.3 Å². The van der Waals surface area contributed by atoms with Crippen LogP contribution >= 0.6 is 0 Å². The summed E-state index contributed by atoms with van der Waals surface area (Å²) in [6.07, 6.45) is 5.84. The smallest absolute Gasteiger partial charge is 0.234 e. The van der Waals surface area contributed by atoms with Crippen LogP contribution in [0.1, 0.15) is 59.8 Å². The van der Waals surface area contributed by atoms with E-state index in [0.717, 1.165) is 32.5 Å². The quantitative estimate of drug-likeness (QED) is 0.671. The first-order valence-electron chi connectivity index (χ1n) is 8.24. The molecule has 1 heterocycles. The molecular formula is C16H33N3O. The van der Waals surface area contributed by atoms with Crippen LogP contribution in [-0.4, -0.2) is 48.6 Å². The summed E-state index contributed by atoms with van der Waals surface area (Å²) >= 11 is 0. The molecule has 1 amide bonds. The lowest BCUT2D eigenvalue weighted by molar-refractivity contribution is -0.124. The first-order chi connectivity index (χ1) is 9.48. The summed E-state index contributed by atoms with van der Waals surface area (Å²) in [5.41, 5.74) is -0.0944. The molecule has 1 aliphatic heterocycles. The van der Waals surface area contributed by atoms with Gasteiger partial charge in [-0.3, -0.25) is 9.69 Å². The third-order valence-corrected chi connectivity index (χ3v) is 4.26. The third kappa shape index (κ3) is 6.23. The Balaban J connectivity index is 2.43. The summed E-state index contributed by atoms with van der Waals surface area (Å²) < 4.78 is 0. The highest BCUT2D eigenvalue weighted by Gasteiger charge is 2.25. The highest BCUT2D eigenvalue weighted by Crippen LogP contribution is 2.16. The Kier molecular flexibility index (Phi) is 7.52. The molecule has 2 N–H and O–H groups in total. The molecule has 1 fully saturated rings. The van der Waals surface area contributed by atoms with Crippen LogP contribution in [0.25, 0.3) is 0 Å². The maximum absolute atomic E-state index is 12.2. The van der Waals surface area contributed by atoms with Crippen molar-refractivity contribution in [2.24, 2.45) is 0 Å². The number of amides is 1. The molecule has 0 spiro atoms. The number of hydrogen-bond donors (Lipinski definition) is 2. The van der Waals surface area contributed by atoms with Crippen LogP contribution in [-0.2, 0) is 4.79 Å². The number of rotatable bonds is 8. The zero-order valence-electron chi connectivity index (χ0n) is 13.8. The fraction of sp³-hybridized carbons (Fsp3) is 0.938. The number of piperidine rings is 1. The van der Waals surface area contributed by atoms with Gasteiger partial charge in [0.25, 0.3) is 0 Å². The lowest BCUT2D eigenvalue weighted by Gasteiger charge is -2.36. The van der Waals surface area contributed by atoms with Crippen molar-refractivity contribution in [3.63, 3.8) is 0 Å². The molecule has 0 aromatic rings. The second kappa shape index (κ2) is 8.63. The van der Waals surface area contributed by atoms with Gasteiger partial charge in [-0.05, 0) is 52.6 Å². The number of hydrogen-bond acceptors (Lipinski definition) is 3. The van der Waals surface area contributed by atoms with Crippen molar-refractivity contribution in [1.29, 1.82) is 0 Å². The van der Waals surface area contributed by atoms with Gasteiger partial charge in [0.2, 0.25) is 5.91 Å². The lowest BCUT2D eigenvalue weighted by Crippen LogP contribution is -2.52. The number of likely N-dealkylation sites (tertiary alicyclic amines) is 1. The molecular weight excluding hydrogens is 250 g/mol. The van der Waals surface area contributed by atoms with E-state index in [1.807, 2.05) is 0 Å². The Morgan fingerprint density at radius 2 is 2.05 bits per heavy atom. The minimum Gasteiger partial charge on any atom is -0.350 e. The molecule has 0 bridgehead atoms. The van der Waals surface area contributed by atoms with Gasteiger partial charge in [-0.1, -0.05) is 20.3 Å². The fourth-order valence-electron chi connectivity index (χ4n) is 2.63. The van der Waals surface area contributed by atoms with E-state index in [-0.39, 0.29) is 11.4 Å². The number of nitrogens with one attached hydrogen (secondary N) is 2. The molecule has 1 atom stereocenters. The van der Waals surface area contributed by atoms with Crippen molar-refractivity contribution in [2.75, 3.05) is 26.2 Å². The van der Waals surface area contributed by atoms with Gasteiger partial charge in [0.15, 0.2) is 0 Å². The number of nitrogens with zero attached hydrogens (tertiary/aromatic N) is 1. The molecule has 0 aromatic heterocycles. The summed E-state index contributed by atoms with van der Waals surface area (Å²) in [5, 5.41) is 6.63. The molecule has 118 valence electrons. The summed E-state index contributed by atoms with van der Waals surface area (Å²) in [6, 6.07) is 0.519. The molecule has 1 aliphatic rings. The highest BCUT2D eigenvalue weighted by molar-refractivity contribution is 5.78. The van der Waals surface area contributed by atoms with E-state index in [4.69, 9.17) is 0 Å². The van der Waals surface area contributed by atoms with E-state index in [9.17, 15) is 4.79 Å². The van der Waals surface area contributed by atoms with Crippen molar-refractivity contribution in [2.45, 2.75) is 71.4 Å². The van der Waals surface area contributed by atoms with Crippen molar-refractivity contribution in [3.8, 4) is 0 Å². The first-order valence-corrected chi connectivity index (χ1v) is 8.24. The number of carbonyl (C=O) groups is 1. The van der Waals surface area contributed by atoms with Gasteiger partial charge in [-0.2, -0.15) is 0 Å². The predicted molar refractivity (Wildman–Crippen MR) is 84.9 cm³/mol. The van der Waals surface area contributed by atoms with Gasteiger partial charge in [0.05, 0.1) is 6.54 Å². The van der Waals surface area contributed by atoms with Gasteiger partial charge in [0.1, 0.15) is 0 Å². The van der Waals surface area contributed by atoms with Crippen molar-refractivity contribution >= 4 is 5.91 Å². The molecule has 1 rings (SSSR count). The van der Waals surface area contributed by atoms with E-state index < -0.39 is 0 Å². The van der Waals surface area contributed by atoms with Crippen LogP contribution in [0.2, 0.25) is 0 Å². The SMILES string of the molecule is CCCNCC1CCCCN1CC(=O)NC(C)(C)CC. The third-order valence-electron chi connectivity index (χ3n) is 4.26. The average Bonchev–Trinajstić information content (AvgIpc) is 2.40. The van der Waals surface area contributed by atoms with E-state index in [2.05, 4.69) is 43.2 Å². The Morgan fingerprint density at radius 1 is 1.30 bits per heavy atom. The van der Waals surface area contributed by atoms with Crippen LogP contribution in [0.15, 0.2) is 0 Å². The van der Waals surface area contributed by atoms with Crippen molar-refractivity contribution in [3.05, 3.63) is 0 Å². The standard InChI is InChI=1S/C16H33N3O/c1-5-10-17-12-14-9-7-8-11-19(14)13-15(20)18-16(3,4)6-2/h14,17H,5-13H2,1-4H3,(H,18,20). The van der Waals surface area contributed by atoms with Gasteiger partial charge < -0.3 is 10.6 Å². The molecule has 0 aliphatic carbocycles. The van der Waals surface area contributed by atoms with E-state index >= 15 is 0 Å². The average molecular weight is 283 g/mol. The molecule has 20 heavy (non-hydrogen) atoms. The normalized spacial score (nSPS) is 20.9. The van der Waals surface area contributed by atoms with E-state index in [0.29, 0.717) is 12.6 Å². The molecule has 0 aromatic carbocycles. The van der Waals surface area contributed by atoms with Gasteiger partial charge in [-0.15, -0.1) is 0 Å². The molecule has 0 radical (unpaired) electrons. The Hall–Kier alpha value is -0.610. The van der Waals surface area contributed by atoms with Crippen LogP contribution in [0.5, 0.6) is 0 Å². The van der Waals surface area contributed by atoms with Gasteiger partial charge in [-0.25, -0.2) is 0 Å². The number of carbonyl (C=O) groups excluding carboxylic acids is 1. The van der Waals surface area contributed by atoms with Crippen molar-refractivity contribution < 1.29 is 4.79 Å². The van der Waals surface area contributed by atoms with Crippen LogP contribution < -0.4 is 10.6 Å². The summed E-state index contributed by atoms with van der Waals surface area (Å²) in [5.74, 6) is 0.166. The molecule has 1 unspecified atom stereocenters. The molecule has 1 saturated heterocycles. The van der Waals surface area contributed by atoms with Crippen molar-refractivity contribution in [1.82, 2.24) is 15.5 Å². The van der Waals surface area contributed by atoms with E-state index in [1.54, 1.807) is 0 Å². The zero-order valence-corrected chi connectivity index (χ0v) is 13.8. The topological polar surface area (TPSA) is 44.4 Å². The predicted octanol–water partition coefficient (Wildman–Crippen LogP) is 2.15. The highest BCUT2D eigenvalue weighted by atomic mass is 16.2. The van der Waals surface area contributed by atoms with Crippen LogP contribution in [0.4, 0.5) is 0 Å². The Labute approximate surface area is 124 Å². The largest absolute Gasteiger partial charge is 0.350 e. The lowest BCUT2D eigenvalue weighted by atomic mass is 10.0. The van der Waals surface area contributed by atoms with Gasteiger partial charge >= 0.3 is 0 Å². The fourth-order valence-corrected chi connectivity index (χ4v) is 2.63. The summed E-state index contributed by atoms with van der Waals surface area (Å²) in [7, 11) is 0. The molecule has 0 saturated carbocycles. The van der Waals surface area contributed by atoms with Crippen LogP contribution in [0, 0.1) is 0 Å². The minimum absolute atomic E-state index is 0.0944. The summed E-state index contributed by atoms with van der Waals surface area (Å²) in [6.45, 7) is 12.1. The Morgan fingerprint density at radius 3 is 2.70 bits per heavy atom. The second-order valence-corrected chi connectivity index (χ2v) is 6.61. The maximum Gasteiger partial charge on any atom is 0.234 e.